The summed E-state index contributed by atoms with van der Waals surface area (Å²) < 4.78 is 5.66. The van der Waals surface area contributed by atoms with Gasteiger partial charge in [0.25, 0.3) is 0 Å². The van der Waals surface area contributed by atoms with Crippen molar-refractivity contribution in [3.63, 3.8) is 0 Å². The van der Waals surface area contributed by atoms with Gasteiger partial charge < -0.3 is 15.0 Å². The molecule has 1 heterocycles. The third-order valence-electron chi connectivity index (χ3n) is 3.25. The molecule has 0 aliphatic carbocycles. The van der Waals surface area contributed by atoms with Crippen LogP contribution in [-0.4, -0.2) is 50.3 Å². The lowest BCUT2D eigenvalue weighted by atomic mass is 10.2. The minimum absolute atomic E-state index is 0.480. The van der Waals surface area contributed by atoms with E-state index in [2.05, 4.69) is 31.1 Å². The lowest BCUT2D eigenvalue weighted by molar-refractivity contribution is 0.0783. The lowest BCUT2D eigenvalue weighted by Gasteiger charge is -2.26. The summed E-state index contributed by atoms with van der Waals surface area (Å²) in [7, 11) is 2.21. The smallest absolute Gasteiger partial charge is 0.0702 e. The zero-order chi connectivity index (χ0) is 11.8. The Kier molecular flexibility index (Phi) is 7.01. The van der Waals surface area contributed by atoms with Crippen molar-refractivity contribution in [2.45, 2.75) is 51.7 Å². The van der Waals surface area contributed by atoms with Crippen LogP contribution in [0.3, 0.4) is 0 Å². The highest BCUT2D eigenvalue weighted by Gasteiger charge is 2.18. The van der Waals surface area contributed by atoms with E-state index in [1.807, 2.05) is 0 Å². The lowest BCUT2D eigenvalue weighted by Crippen LogP contribution is -2.41. The second kappa shape index (κ2) is 8.04. The first-order chi connectivity index (χ1) is 7.76. The van der Waals surface area contributed by atoms with Crippen LogP contribution in [0.5, 0.6) is 0 Å². The van der Waals surface area contributed by atoms with E-state index in [-0.39, 0.29) is 0 Å². The van der Waals surface area contributed by atoms with Crippen molar-refractivity contribution in [1.82, 2.24) is 10.2 Å². The van der Waals surface area contributed by atoms with Crippen LogP contribution in [0.2, 0.25) is 0 Å². The van der Waals surface area contributed by atoms with Gasteiger partial charge in [-0.25, -0.2) is 0 Å². The topological polar surface area (TPSA) is 24.5 Å². The summed E-state index contributed by atoms with van der Waals surface area (Å²) >= 11 is 0. The standard InChI is InChI=1S/C13H28N2O/c1-4-8-14-12(5-2)10-15(3)11-13-7-6-9-16-13/h12-14H,4-11H2,1-3H3. The molecule has 0 radical (unpaired) electrons. The van der Waals surface area contributed by atoms with Gasteiger partial charge in [-0.2, -0.15) is 0 Å². The maximum atomic E-state index is 5.66. The number of ether oxygens (including phenoxy) is 1. The summed E-state index contributed by atoms with van der Waals surface area (Å²) in [6.45, 7) is 8.79. The van der Waals surface area contributed by atoms with Gasteiger partial charge in [-0.15, -0.1) is 0 Å². The molecule has 0 spiro atoms. The SMILES string of the molecule is CCCNC(CC)CN(C)CC1CCCO1. The van der Waals surface area contributed by atoms with Crippen molar-refractivity contribution in [2.75, 3.05) is 33.3 Å². The fourth-order valence-electron chi connectivity index (χ4n) is 2.27. The fraction of sp³-hybridized carbons (Fsp3) is 1.00. The average Bonchev–Trinajstić information content (AvgIpc) is 2.76. The second-order valence-corrected chi connectivity index (χ2v) is 4.92. The maximum absolute atomic E-state index is 5.66. The Morgan fingerprint density at radius 3 is 2.81 bits per heavy atom. The van der Waals surface area contributed by atoms with Crippen LogP contribution in [0, 0.1) is 0 Å². The third kappa shape index (κ3) is 5.28. The Hall–Kier alpha value is -0.120. The molecule has 1 fully saturated rings. The molecule has 96 valence electrons. The number of hydrogen-bond donors (Lipinski definition) is 1. The molecule has 1 aliphatic rings. The predicted octanol–water partition coefficient (Wildman–Crippen LogP) is 1.88. The molecule has 3 nitrogen and oxygen atoms in total. The molecule has 0 aromatic carbocycles. The molecule has 0 aromatic heterocycles. The van der Waals surface area contributed by atoms with Gasteiger partial charge in [0.2, 0.25) is 0 Å². The van der Waals surface area contributed by atoms with Gasteiger partial charge in [-0.3, -0.25) is 0 Å². The van der Waals surface area contributed by atoms with E-state index in [0.29, 0.717) is 12.1 Å². The Morgan fingerprint density at radius 1 is 1.44 bits per heavy atom. The molecule has 1 N–H and O–H groups in total. The number of nitrogens with zero attached hydrogens (tertiary/aromatic N) is 1. The van der Waals surface area contributed by atoms with E-state index in [0.717, 1.165) is 26.2 Å². The van der Waals surface area contributed by atoms with Gasteiger partial charge in [-0.1, -0.05) is 13.8 Å². The minimum atomic E-state index is 0.480. The Balaban J connectivity index is 2.16. The van der Waals surface area contributed by atoms with Crippen LogP contribution in [-0.2, 0) is 4.74 Å². The number of nitrogens with one attached hydrogen (secondary N) is 1. The predicted molar refractivity (Wildman–Crippen MR) is 68.8 cm³/mol. The van der Waals surface area contributed by atoms with Crippen LogP contribution >= 0.6 is 0 Å². The van der Waals surface area contributed by atoms with E-state index in [4.69, 9.17) is 4.74 Å². The average molecular weight is 228 g/mol. The first-order valence-electron chi connectivity index (χ1n) is 6.79. The molecule has 2 atom stereocenters. The molecular weight excluding hydrogens is 200 g/mol. The number of hydrogen-bond acceptors (Lipinski definition) is 3. The zero-order valence-electron chi connectivity index (χ0n) is 11.2. The highest BCUT2D eigenvalue weighted by atomic mass is 16.5. The van der Waals surface area contributed by atoms with Crippen molar-refractivity contribution in [1.29, 1.82) is 0 Å². The molecule has 3 heteroatoms. The van der Waals surface area contributed by atoms with Crippen molar-refractivity contribution < 1.29 is 4.74 Å². The second-order valence-electron chi connectivity index (χ2n) is 4.92. The van der Waals surface area contributed by atoms with E-state index in [1.165, 1.54) is 25.7 Å². The Morgan fingerprint density at radius 2 is 2.25 bits per heavy atom. The molecule has 0 aromatic rings. The monoisotopic (exact) mass is 228 g/mol. The molecule has 16 heavy (non-hydrogen) atoms. The molecule has 0 bridgehead atoms. The quantitative estimate of drug-likeness (QED) is 0.686. The molecule has 1 rings (SSSR count). The van der Waals surface area contributed by atoms with Crippen molar-refractivity contribution in [3.05, 3.63) is 0 Å². The van der Waals surface area contributed by atoms with Crippen LogP contribution in [0.25, 0.3) is 0 Å². The summed E-state index contributed by atoms with van der Waals surface area (Å²) in [5, 5.41) is 3.59. The molecule has 2 unspecified atom stereocenters. The van der Waals surface area contributed by atoms with Gasteiger partial charge in [0.05, 0.1) is 6.10 Å². The van der Waals surface area contributed by atoms with Gasteiger partial charge in [0.1, 0.15) is 0 Å². The Bertz CT molecular complexity index is 169. The molecular formula is C13H28N2O. The van der Waals surface area contributed by atoms with Crippen LogP contribution in [0.15, 0.2) is 0 Å². The molecule has 0 amide bonds. The fourth-order valence-corrected chi connectivity index (χ4v) is 2.27. The van der Waals surface area contributed by atoms with Crippen molar-refractivity contribution >= 4 is 0 Å². The normalized spacial score (nSPS) is 22.9. The molecule has 0 saturated carbocycles. The minimum Gasteiger partial charge on any atom is -0.377 e. The molecule has 1 aliphatic heterocycles. The van der Waals surface area contributed by atoms with Gasteiger partial charge in [0.15, 0.2) is 0 Å². The largest absolute Gasteiger partial charge is 0.377 e. The summed E-state index contributed by atoms with van der Waals surface area (Å²) in [6, 6.07) is 0.631. The van der Waals surface area contributed by atoms with Gasteiger partial charge >= 0.3 is 0 Å². The van der Waals surface area contributed by atoms with E-state index < -0.39 is 0 Å². The summed E-state index contributed by atoms with van der Waals surface area (Å²) in [6.07, 6.45) is 5.38. The summed E-state index contributed by atoms with van der Waals surface area (Å²) in [4.78, 5) is 2.41. The summed E-state index contributed by atoms with van der Waals surface area (Å²) in [5.41, 5.74) is 0. The van der Waals surface area contributed by atoms with Gasteiger partial charge in [-0.05, 0) is 39.3 Å². The van der Waals surface area contributed by atoms with Crippen LogP contribution < -0.4 is 5.32 Å². The van der Waals surface area contributed by atoms with Crippen LogP contribution in [0.4, 0.5) is 0 Å². The van der Waals surface area contributed by atoms with Crippen LogP contribution in [0.1, 0.15) is 39.5 Å². The third-order valence-corrected chi connectivity index (χ3v) is 3.25. The van der Waals surface area contributed by atoms with Gasteiger partial charge in [0, 0.05) is 25.7 Å². The first kappa shape index (κ1) is 13.9. The Labute approximate surface area is 101 Å². The first-order valence-corrected chi connectivity index (χ1v) is 6.79. The molecule has 1 saturated heterocycles. The van der Waals surface area contributed by atoms with E-state index in [1.54, 1.807) is 0 Å². The van der Waals surface area contributed by atoms with Crippen molar-refractivity contribution in [3.8, 4) is 0 Å². The zero-order valence-corrected chi connectivity index (χ0v) is 11.2. The highest BCUT2D eigenvalue weighted by molar-refractivity contribution is 4.73. The number of rotatable bonds is 8. The summed E-state index contributed by atoms with van der Waals surface area (Å²) in [5.74, 6) is 0. The van der Waals surface area contributed by atoms with Crippen molar-refractivity contribution in [2.24, 2.45) is 0 Å². The van der Waals surface area contributed by atoms with E-state index >= 15 is 0 Å². The number of likely N-dealkylation sites (N-methyl/N-ethyl adjacent to an activating group) is 1. The maximum Gasteiger partial charge on any atom is 0.0702 e. The van der Waals surface area contributed by atoms with E-state index in [9.17, 15) is 0 Å². The highest BCUT2D eigenvalue weighted by Crippen LogP contribution is 2.12.